The number of para-hydroxylation sites is 2. The SMILES string of the molecule is CCc1nnsc1C(=O)OCC(=O)N1c2ccccc2NC(=O)C[C@H]1C. The summed E-state index contributed by atoms with van der Waals surface area (Å²) in [6, 6.07) is 6.68. The molecule has 0 saturated carbocycles. The van der Waals surface area contributed by atoms with Crippen molar-refractivity contribution >= 4 is 40.7 Å². The number of benzene rings is 1. The summed E-state index contributed by atoms with van der Waals surface area (Å²) in [6.07, 6.45) is 0.715. The maximum absolute atomic E-state index is 12.7. The third-order valence-corrected chi connectivity index (χ3v) is 4.78. The molecular formula is C17H18N4O4S. The van der Waals surface area contributed by atoms with Crippen LogP contribution in [-0.2, 0) is 20.7 Å². The summed E-state index contributed by atoms with van der Waals surface area (Å²) in [6.45, 7) is 3.22. The molecule has 2 amide bonds. The first kappa shape index (κ1) is 18.0. The van der Waals surface area contributed by atoms with Crippen molar-refractivity contribution in [2.45, 2.75) is 32.7 Å². The molecule has 0 aliphatic carbocycles. The van der Waals surface area contributed by atoms with E-state index in [1.165, 1.54) is 4.90 Å². The predicted octanol–water partition coefficient (Wildman–Crippen LogP) is 2.02. The minimum atomic E-state index is -0.616. The van der Waals surface area contributed by atoms with Crippen molar-refractivity contribution in [3.8, 4) is 0 Å². The van der Waals surface area contributed by atoms with E-state index in [2.05, 4.69) is 14.9 Å². The van der Waals surface area contributed by atoms with Gasteiger partial charge in [-0.2, -0.15) is 0 Å². The number of nitrogens with one attached hydrogen (secondary N) is 1. The van der Waals surface area contributed by atoms with Gasteiger partial charge in [-0.15, -0.1) is 5.10 Å². The third-order valence-electron chi connectivity index (χ3n) is 4.03. The zero-order valence-corrected chi connectivity index (χ0v) is 15.2. The second-order valence-corrected chi connectivity index (χ2v) is 6.61. The van der Waals surface area contributed by atoms with Gasteiger partial charge in [0, 0.05) is 12.5 Å². The summed E-state index contributed by atoms with van der Waals surface area (Å²) in [4.78, 5) is 38.7. The number of rotatable bonds is 4. The lowest BCUT2D eigenvalue weighted by Gasteiger charge is -2.27. The molecule has 0 bridgehead atoms. The van der Waals surface area contributed by atoms with Gasteiger partial charge < -0.3 is 15.0 Å². The number of anilines is 2. The van der Waals surface area contributed by atoms with Crippen molar-refractivity contribution < 1.29 is 19.1 Å². The van der Waals surface area contributed by atoms with E-state index in [0.29, 0.717) is 28.4 Å². The number of esters is 1. The molecule has 9 heteroatoms. The van der Waals surface area contributed by atoms with Gasteiger partial charge in [0.25, 0.3) is 5.91 Å². The summed E-state index contributed by atoms with van der Waals surface area (Å²) >= 11 is 0.947. The first-order valence-corrected chi connectivity index (χ1v) is 8.98. The number of carbonyl (C=O) groups excluding carboxylic acids is 3. The molecule has 3 rings (SSSR count). The number of carbonyl (C=O) groups is 3. The predicted molar refractivity (Wildman–Crippen MR) is 96.2 cm³/mol. The molecule has 0 spiro atoms. The fourth-order valence-corrected chi connectivity index (χ4v) is 3.47. The van der Waals surface area contributed by atoms with Gasteiger partial charge in [-0.1, -0.05) is 23.5 Å². The van der Waals surface area contributed by atoms with Crippen LogP contribution in [0, 0.1) is 0 Å². The monoisotopic (exact) mass is 374 g/mol. The normalized spacial score (nSPS) is 16.5. The first-order chi connectivity index (χ1) is 12.5. The van der Waals surface area contributed by atoms with Gasteiger partial charge in [0.1, 0.15) is 0 Å². The Morgan fingerprint density at radius 1 is 1.38 bits per heavy atom. The van der Waals surface area contributed by atoms with Crippen molar-refractivity contribution in [1.29, 1.82) is 0 Å². The molecule has 1 N–H and O–H groups in total. The van der Waals surface area contributed by atoms with Crippen molar-refractivity contribution in [2.24, 2.45) is 0 Å². The van der Waals surface area contributed by atoms with E-state index in [0.717, 1.165) is 11.5 Å². The molecule has 1 atom stereocenters. The summed E-state index contributed by atoms with van der Waals surface area (Å²) in [5, 5.41) is 6.65. The van der Waals surface area contributed by atoms with Crippen LogP contribution in [0.25, 0.3) is 0 Å². The summed E-state index contributed by atoms with van der Waals surface area (Å²) in [5.41, 5.74) is 1.69. The van der Waals surface area contributed by atoms with Crippen LogP contribution in [0.1, 0.15) is 35.6 Å². The van der Waals surface area contributed by atoms with E-state index in [4.69, 9.17) is 4.74 Å². The fourth-order valence-electron chi connectivity index (χ4n) is 2.83. The Labute approximate surface area is 154 Å². The largest absolute Gasteiger partial charge is 0.451 e. The average Bonchev–Trinajstić information content (AvgIpc) is 3.05. The van der Waals surface area contributed by atoms with Crippen LogP contribution in [-0.4, -0.2) is 40.0 Å². The molecule has 136 valence electrons. The molecular weight excluding hydrogens is 356 g/mol. The van der Waals surface area contributed by atoms with Crippen molar-refractivity contribution in [2.75, 3.05) is 16.8 Å². The maximum atomic E-state index is 12.7. The van der Waals surface area contributed by atoms with Crippen molar-refractivity contribution in [3.63, 3.8) is 0 Å². The van der Waals surface area contributed by atoms with Crippen LogP contribution in [0.5, 0.6) is 0 Å². The molecule has 26 heavy (non-hydrogen) atoms. The van der Waals surface area contributed by atoms with E-state index in [1.807, 2.05) is 6.92 Å². The van der Waals surface area contributed by atoms with Crippen LogP contribution < -0.4 is 10.2 Å². The zero-order valence-electron chi connectivity index (χ0n) is 14.4. The van der Waals surface area contributed by atoms with Gasteiger partial charge in [-0.05, 0) is 37.0 Å². The summed E-state index contributed by atoms with van der Waals surface area (Å²) in [7, 11) is 0. The lowest BCUT2D eigenvalue weighted by Crippen LogP contribution is -2.41. The molecule has 1 aliphatic rings. The van der Waals surface area contributed by atoms with E-state index < -0.39 is 18.5 Å². The highest BCUT2D eigenvalue weighted by molar-refractivity contribution is 7.07. The molecule has 2 heterocycles. The molecule has 0 saturated heterocycles. The molecule has 8 nitrogen and oxygen atoms in total. The van der Waals surface area contributed by atoms with Crippen molar-refractivity contribution in [1.82, 2.24) is 9.59 Å². The molecule has 0 unspecified atom stereocenters. The van der Waals surface area contributed by atoms with Crippen molar-refractivity contribution in [3.05, 3.63) is 34.8 Å². The highest BCUT2D eigenvalue weighted by atomic mass is 32.1. The lowest BCUT2D eigenvalue weighted by atomic mass is 10.1. The molecule has 1 aliphatic heterocycles. The standard InChI is InChI=1S/C17H18N4O4S/c1-3-11-16(26-20-19-11)17(24)25-9-15(23)21-10(2)8-14(22)18-12-6-4-5-7-13(12)21/h4-7,10H,3,8-9H2,1-2H3,(H,18,22)/t10-/m1/s1. The van der Waals surface area contributed by atoms with E-state index in [-0.39, 0.29) is 18.4 Å². The molecule has 2 aromatic rings. The Bertz CT molecular complexity index is 851. The number of aromatic nitrogens is 2. The zero-order chi connectivity index (χ0) is 18.7. The second kappa shape index (κ2) is 7.61. The summed E-state index contributed by atoms with van der Waals surface area (Å²) < 4.78 is 8.91. The highest BCUT2D eigenvalue weighted by Crippen LogP contribution is 2.31. The van der Waals surface area contributed by atoms with Gasteiger partial charge in [0.05, 0.1) is 17.1 Å². The first-order valence-electron chi connectivity index (χ1n) is 8.20. The number of ether oxygens (including phenoxy) is 1. The molecule has 1 aromatic heterocycles. The Balaban J connectivity index is 1.76. The number of hydrogen-bond acceptors (Lipinski definition) is 7. The van der Waals surface area contributed by atoms with E-state index in [1.54, 1.807) is 31.2 Å². The fraction of sp³-hybridized carbons (Fsp3) is 0.353. The number of nitrogens with zero attached hydrogens (tertiary/aromatic N) is 3. The van der Waals surface area contributed by atoms with Crippen LogP contribution in [0.4, 0.5) is 11.4 Å². The average molecular weight is 374 g/mol. The Morgan fingerprint density at radius 2 is 2.15 bits per heavy atom. The number of amides is 2. The van der Waals surface area contributed by atoms with E-state index >= 15 is 0 Å². The quantitative estimate of drug-likeness (QED) is 0.822. The van der Waals surface area contributed by atoms with Crippen LogP contribution in [0.3, 0.4) is 0 Å². The topological polar surface area (TPSA) is 101 Å². The van der Waals surface area contributed by atoms with Gasteiger partial charge in [-0.25, -0.2) is 4.79 Å². The lowest BCUT2D eigenvalue weighted by molar-refractivity contribution is -0.122. The van der Waals surface area contributed by atoms with Gasteiger partial charge >= 0.3 is 5.97 Å². The molecule has 0 radical (unpaired) electrons. The van der Waals surface area contributed by atoms with Gasteiger partial charge in [-0.3, -0.25) is 9.59 Å². The number of fused-ring (bicyclic) bond motifs is 1. The number of hydrogen-bond donors (Lipinski definition) is 1. The third kappa shape index (κ3) is 3.57. The molecule has 1 aromatic carbocycles. The van der Waals surface area contributed by atoms with E-state index in [9.17, 15) is 14.4 Å². The minimum Gasteiger partial charge on any atom is -0.451 e. The smallest absolute Gasteiger partial charge is 0.352 e. The highest BCUT2D eigenvalue weighted by Gasteiger charge is 2.30. The minimum absolute atomic E-state index is 0.160. The second-order valence-electron chi connectivity index (χ2n) is 5.86. The Kier molecular flexibility index (Phi) is 5.27. The summed E-state index contributed by atoms with van der Waals surface area (Å²) in [5.74, 6) is -1.18. The van der Waals surface area contributed by atoms with Crippen LogP contribution in [0.15, 0.2) is 24.3 Å². The van der Waals surface area contributed by atoms with Crippen LogP contribution in [0.2, 0.25) is 0 Å². The Hall–Kier alpha value is -2.81. The van der Waals surface area contributed by atoms with Crippen LogP contribution >= 0.6 is 11.5 Å². The maximum Gasteiger partial charge on any atom is 0.352 e. The van der Waals surface area contributed by atoms with Gasteiger partial charge in [0.2, 0.25) is 5.91 Å². The molecule has 0 fully saturated rings. The Morgan fingerprint density at radius 3 is 2.92 bits per heavy atom. The van der Waals surface area contributed by atoms with Gasteiger partial charge in [0.15, 0.2) is 11.5 Å². The number of aryl methyl sites for hydroxylation is 1.